The van der Waals surface area contributed by atoms with E-state index in [0.717, 1.165) is 54.7 Å². The third-order valence-electron chi connectivity index (χ3n) is 5.52. The summed E-state index contributed by atoms with van der Waals surface area (Å²) in [6.45, 7) is 2.01. The van der Waals surface area contributed by atoms with Gasteiger partial charge in [-0.2, -0.15) is 10.4 Å². The largest absolute Gasteiger partial charge is 0.369 e. The van der Waals surface area contributed by atoms with Crippen molar-refractivity contribution in [1.29, 1.82) is 5.26 Å². The highest BCUT2D eigenvalue weighted by atomic mass is 16.2. The zero-order valence-electron chi connectivity index (χ0n) is 15.8. The van der Waals surface area contributed by atoms with Crippen molar-refractivity contribution >= 4 is 11.6 Å². The van der Waals surface area contributed by atoms with Crippen molar-refractivity contribution < 1.29 is 4.79 Å². The molecular weight excluding hydrogens is 354 g/mol. The van der Waals surface area contributed by atoms with Gasteiger partial charge in [0.1, 0.15) is 18.2 Å². The van der Waals surface area contributed by atoms with Crippen molar-refractivity contribution in [3.8, 4) is 6.07 Å². The molecule has 0 fully saturated rings. The molecule has 2 heterocycles. The van der Waals surface area contributed by atoms with Crippen LogP contribution in [0.5, 0.6) is 0 Å². The number of amides is 1. The molecule has 144 valence electrons. The van der Waals surface area contributed by atoms with E-state index in [1.165, 1.54) is 11.3 Å². The molecule has 0 atom stereocenters. The Hall–Kier alpha value is -3.14. The molecule has 7 heteroatoms. The van der Waals surface area contributed by atoms with E-state index < -0.39 is 5.56 Å². The Balaban J connectivity index is 1.38. The monoisotopic (exact) mass is 377 g/mol. The maximum Gasteiger partial charge on any atom is 0.285 e. The van der Waals surface area contributed by atoms with Crippen LogP contribution < -0.4 is 15.8 Å². The fraction of sp³-hybridized carbons (Fsp3) is 0.429. The summed E-state index contributed by atoms with van der Waals surface area (Å²) in [6, 6.07) is 10.3. The van der Waals surface area contributed by atoms with E-state index in [9.17, 15) is 14.9 Å². The third-order valence-corrected chi connectivity index (χ3v) is 5.52. The van der Waals surface area contributed by atoms with Crippen LogP contribution in [-0.2, 0) is 30.6 Å². The second-order valence-corrected chi connectivity index (χ2v) is 7.30. The van der Waals surface area contributed by atoms with E-state index in [1.807, 2.05) is 18.2 Å². The van der Waals surface area contributed by atoms with Crippen LogP contribution in [0.2, 0.25) is 0 Å². The highest BCUT2D eigenvalue weighted by Crippen LogP contribution is 2.26. The number of hydrogen-bond donors (Lipinski definition) is 1. The summed E-state index contributed by atoms with van der Waals surface area (Å²) in [4.78, 5) is 27.1. The van der Waals surface area contributed by atoms with Crippen LogP contribution in [0.3, 0.4) is 0 Å². The van der Waals surface area contributed by atoms with Crippen molar-refractivity contribution in [3.05, 3.63) is 57.0 Å². The van der Waals surface area contributed by atoms with Gasteiger partial charge in [-0.05, 0) is 49.3 Å². The molecule has 0 saturated carbocycles. The molecule has 4 rings (SSSR count). The molecule has 1 aliphatic heterocycles. The minimum absolute atomic E-state index is 0.145. The average Bonchev–Trinajstić information content (AvgIpc) is 3.12. The number of hydrogen-bond acceptors (Lipinski definition) is 5. The second kappa shape index (κ2) is 7.85. The first-order valence-electron chi connectivity index (χ1n) is 9.80. The summed E-state index contributed by atoms with van der Waals surface area (Å²) in [6.07, 6.45) is 4.44. The van der Waals surface area contributed by atoms with Crippen molar-refractivity contribution in [2.45, 2.75) is 38.6 Å². The lowest BCUT2D eigenvalue weighted by Crippen LogP contribution is -2.39. The number of carbonyl (C=O) groups excluding carboxylic acids is 1. The van der Waals surface area contributed by atoms with E-state index in [4.69, 9.17) is 0 Å². The van der Waals surface area contributed by atoms with E-state index >= 15 is 0 Å². The maximum absolute atomic E-state index is 12.5. The molecule has 1 aliphatic carbocycles. The molecule has 1 aromatic carbocycles. The van der Waals surface area contributed by atoms with Crippen LogP contribution in [0.1, 0.15) is 35.2 Å². The SMILES string of the molecule is N#Cc1c2c(nn(CC(=O)NCCN3CCc4ccccc43)c1=O)CCCC2. The molecule has 0 bridgehead atoms. The lowest BCUT2D eigenvalue weighted by Gasteiger charge is -2.20. The van der Waals surface area contributed by atoms with Gasteiger partial charge in [-0.1, -0.05) is 18.2 Å². The molecule has 1 N–H and O–H groups in total. The number of fused-ring (bicyclic) bond motifs is 2. The Morgan fingerprint density at radius 2 is 2.04 bits per heavy atom. The highest BCUT2D eigenvalue weighted by molar-refractivity contribution is 5.75. The van der Waals surface area contributed by atoms with Crippen LogP contribution in [-0.4, -0.2) is 35.3 Å². The molecule has 2 aromatic rings. The summed E-state index contributed by atoms with van der Waals surface area (Å²) in [5.41, 5.74) is 3.79. The number of rotatable bonds is 5. The molecule has 0 spiro atoms. The lowest BCUT2D eigenvalue weighted by atomic mass is 9.93. The second-order valence-electron chi connectivity index (χ2n) is 7.30. The van der Waals surface area contributed by atoms with Crippen LogP contribution in [0, 0.1) is 11.3 Å². The van der Waals surface area contributed by atoms with Crippen molar-refractivity contribution in [3.63, 3.8) is 0 Å². The fourth-order valence-corrected chi connectivity index (χ4v) is 4.10. The number of carbonyl (C=O) groups is 1. The van der Waals surface area contributed by atoms with Crippen molar-refractivity contribution in [2.24, 2.45) is 0 Å². The molecular formula is C21H23N5O2. The first kappa shape index (κ1) is 18.2. The standard InChI is InChI=1S/C21H23N5O2/c22-13-17-16-6-2-3-7-18(16)24-26(21(17)28)14-20(27)23-10-12-25-11-9-15-5-1-4-8-19(15)25/h1,4-5,8H,2-3,6-7,9-12,14H2,(H,23,27). The van der Waals surface area contributed by atoms with Crippen molar-refractivity contribution in [2.75, 3.05) is 24.5 Å². The molecule has 0 saturated heterocycles. The molecule has 0 unspecified atom stereocenters. The maximum atomic E-state index is 12.5. The van der Waals surface area contributed by atoms with E-state index in [1.54, 1.807) is 0 Å². The zero-order chi connectivity index (χ0) is 19.5. The van der Waals surface area contributed by atoms with Gasteiger partial charge in [0, 0.05) is 25.3 Å². The number of anilines is 1. The Morgan fingerprint density at radius 1 is 1.21 bits per heavy atom. The Kier molecular flexibility index (Phi) is 5.11. The van der Waals surface area contributed by atoms with E-state index in [2.05, 4.69) is 27.4 Å². The van der Waals surface area contributed by atoms with Gasteiger partial charge in [-0.15, -0.1) is 0 Å². The first-order chi connectivity index (χ1) is 13.7. The summed E-state index contributed by atoms with van der Waals surface area (Å²) < 4.78 is 1.14. The van der Waals surface area contributed by atoms with Gasteiger partial charge >= 0.3 is 0 Å². The molecule has 7 nitrogen and oxygen atoms in total. The number of aromatic nitrogens is 2. The molecule has 1 aromatic heterocycles. The topological polar surface area (TPSA) is 91.0 Å². The van der Waals surface area contributed by atoms with Crippen LogP contribution in [0.25, 0.3) is 0 Å². The predicted octanol–water partition coefficient (Wildman–Crippen LogP) is 1.17. The Labute approximate surface area is 163 Å². The predicted molar refractivity (Wildman–Crippen MR) is 105 cm³/mol. The molecule has 28 heavy (non-hydrogen) atoms. The van der Waals surface area contributed by atoms with Crippen LogP contribution in [0.4, 0.5) is 5.69 Å². The summed E-state index contributed by atoms with van der Waals surface area (Å²) >= 11 is 0. The number of benzene rings is 1. The third kappa shape index (κ3) is 3.50. The average molecular weight is 377 g/mol. The van der Waals surface area contributed by atoms with E-state index in [-0.39, 0.29) is 18.0 Å². The summed E-state index contributed by atoms with van der Waals surface area (Å²) in [5, 5.41) is 16.6. The summed E-state index contributed by atoms with van der Waals surface area (Å²) in [5.74, 6) is -0.262. The van der Waals surface area contributed by atoms with E-state index in [0.29, 0.717) is 13.0 Å². The number of nitrogens with one attached hydrogen (secondary N) is 1. The number of aryl methyl sites for hydroxylation is 1. The van der Waals surface area contributed by atoms with Gasteiger partial charge in [0.25, 0.3) is 5.56 Å². The number of para-hydroxylation sites is 1. The van der Waals surface area contributed by atoms with Gasteiger partial charge in [0.2, 0.25) is 5.91 Å². The van der Waals surface area contributed by atoms with Crippen LogP contribution >= 0.6 is 0 Å². The fourth-order valence-electron chi connectivity index (χ4n) is 4.10. The number of nitrogens with zero attached hydrogens (tertiary/aromatic N) is 4. The molecule has 0 radical (unpaired) electrons. The highest BCUT2D eigenvalue weighted by Gasteiger charge is 2.21. The van der Waals surface area contributed by atoms with Gasteiger partial charge in [0.05, 0.1) is 5.69 Å². The Bertz CT molecular complexity index is 1000. The zero-order valence-corrected chi connectivity index (χ0v) is 15.8. The number of nitriles is 1. The van der Waals surface area contributed by atoms with Gasteiger partial charge in [-0.25, -0.2) is 4.68 Å². The minimum Gasteiger partial charge on any atom is -0.369 e. The molecule has 1 amide bonds. The Morgan fingerprint density at radius 3 is 2.89 bits per heavy atom. The van der Waals surface area contributed by atoms with Gasteiger partial charge in [-0.3, -0.25) is 9.59 Å². The minimum atomic E-state index is -0.466. The van der Waals surface area contributed by atoms with Crippen molar-refractivity contribution in [1.82, 2.24) is 15.1 Å². The van der Waals surface area contributed by atoms with Gasteiger partial charge < -0.3 is 10.2 Å². The van der Waals surface area contributed by atoms with Gasteiger partial charge in [0.15, 0.2) is 0 Å². The smallest absolute Gasteiger partial charge is 0.285 e. The first-order valence-corrected chi connectivity index (χ1v) is 9.80. The normalized spacial score (nSPS) is 14.9. The van der Waals surface area contributed by atoms with Crippen LogP contribution in [0.15, 0.2) is 29.1 Å². The lowest BCUT2D eigenvalue weighted by molar-refractivity contribution is -0.121. The molecule has 2 aliphatic rings. The quantitative estimate of drug-likeness (QED) is 0.845. The summed E-state index contributed by atoms with van der Waals surface area (Å²) in [7, 11) is 0.